The number of rotatable bonds is 3. The molecule has 0 aliphatic heterocycles. The molecule has 0 amide bonds. The van der Waals surface area contributed by atoms with E-state index >= 15 is 0 Å². The van der Waals surface area contributed by atoms with E-state index in [0.717, 1.165) is 16.5 Å². The van der Waals surface area contributed by atoms with Crippen LogP contribution in [0.3, 0.4) is 0 Å². The van der Waals surface area contributed by atoms with Crippen molar-refractivity contribution in [3.63, 3.8) is 0 Å². The van der Waals surface area contributed by atoms with E-state index in [9.17, 15) is 8.78 Å². The topological polar surface area (TPSA) is 30.9 Å². The minimum Gasteiger partial charge on any atom is -0.343 e. The molecule has 3 rings (SSSR count). The fraction of sp³-hybridized carbons (Fsp3) is 0.125. The average Bonchev–Trinajstić information content (AvgIpc) is 2.83. The maximum Gasteiger partial charge on any atom is 0.128 e. The van der Waals surface area contributed by atoms with Gasteiger partial charge in [0.2, 0.25) is 0 Å². The van der Waals surface area contributed by atoms with Crippen LogP contribution in [0, 0.1) is 11.6 Å². The third-order valence-corrected chi connectivity index (χ3v) is 3.43. The molecule has 0 saturated heterocycles. The van der Waals surface area contributed by atoms with Gasteiger partial charge in [0.1, 0.15) is 11.6 Å². The molecule has 0 fully saturated rings. The van der Waals surface area contributed by atoms with Crippen LogP contribution in [0.1, 0.15) is 11.1 Å². The zero-order chi connectivity index (χ0) is 14.1. The quantitative estimate of drug-likeness (QED) is 0.778. The lowest BCUT2D eigenvalue weighted by Gasteiger charge is -2.08. The monoisotopic (exact) mass is 272 g/mol. The average molecular weight is 272 g/mol. The van der Waals surface area contributed by atoms with Crippen molar-refractivity contribution in [3.8, 4) is 0 Å². The van der Waals surface area contributed by atoms with Crippen molar-refractivity contribution in [2.45, 2.75) is 13.1 Å². The van der Waals surface area contributed by atoms with Crippen LogP contribution in [0.25, 0.3) is 10.9 Å². The first-order valence-corrected chi connectivity index (χ1v) is 6.39. The van der Waals surface area contributed by atoms with Crippen molar-refractivity contribution in [1.82, 2.24) is 4.57 Å². The normalized spacial score (nSPS) is 11.2. The highest BCUT2D eigenvalue weighted by Crippen LogP contribution is 2.20. The van der Waals surface area contributed by atoms with Gasteiger partial charge in [-0.2, -0.15) is 0 Å². The van der Waals surface area contributed by atoms with E-state index in [1.165, 1.54) is 18.2 Å². The lowest BCUT2D eigenvalue weighted by Crippen LogP contribution is -2.03. The van der Waals surface area contributed by atoms with E-state index in [0.29, 0.717) is 18.7 Å². The summed E-state index contributed by atoms with van der Waals surface area (Å²) in [6.45, 7) is 0.679. The molecule has 4 heteroatoms. The van der Waals surface area contributed by atoms with Gasteiger partial charge in [-0.05, 0) is 41.3 Å². The fourth-order valence-electron chi connectivity index (χ4n) is 2.32. The predicted octanol–water partition coefficient (Wildman–Crippen LogP) is 3.43. The van der Waals surface area contributed by atoms with Gasteiger partial charge >= 0.3 is 0 Å². The van der Waals surface area contributed by atoms with Crippen LogP contribution in [0.5, 0.6) is 0 Å². The van der Waals surface area contributed by atoms with Crippen molar-refractivity contribution < 1.29 is 8.78 Å². The number of hydrogen-bond acceptors (Lipinski definition) is 1. The second-order valence-electron chi connectivity index (χ2n) is 4.78. The maximum atomic E-state index is 14.0. The SMILES string of the molecule is NCc1ccc(Cn2ccc3ccc(F)cc32)c(F)c1. The van der Waals surface area contributed by atoms with E-state index in [1.54, 1.807) is 12.1 Å². The van der Waals surface area contributed by atoms with Crippen LogP contribution in [-0.4, -0.2) is 4.57 Å². The molecular formula is C16H14F2N2. The third-order valence-electron chi connectivity index (χ3n) is 3.43. The minimum absolute atomic E-state index is 0.286. The molecule has 1 heterocycles. The molecule has 2 nitrogen and oxygen atoms in total. The molecule has 0 aliphatic rings. The Morgan fingerprint density at radius 2 is 1.85 bits per heavy atom. The molecule has 0 atom stereocenters. The molecule has 0 bridgehead atoms. The van der Waals surface area contributed by atoms with E-state index in [4.69, 9.17) is 5.73 Å². The molecule has 0 radical (unpaired) electrons. The van der Waals surface area contributed by atoms with Gasteiger partial charge in [0.25, 0.3) is 0 Å². The first kappa shape index (κ1) is 12.8. The van der Waals surface area contributed by atoms with Crippen molar-refractivity contribution >= 4 is 10.9 Å². The molecule has 3 aromatic rings. The molecule has 2 aromatic carbocycles. The number of aromatic nitrogens is 1. The Bertz CT molecular complexity index is 762. The minimum atomic E-state index is -0.295. The molecule has 2 N–H and O–H groups in total. The summed E-state index contributed by atoms with van der Waals surface area (Å²) in [4.78, 5) is 0. The number of fused-ring (bicyclic) bond motifs is 1. The Labute approximate surface area is 115 Å². The van der Waals surface area contributed by atoms with Crippen LogP contribution in [0.15, 0.2) is 48.7 Å². The summed E-state index contributed by atoms with van der Waals surface area (Å²) < 4.78 is 29.1. The molecule has 0 saturated carbocycles. The first-order valence-electron chi connectivity index (χ1n) is 6.39. The highest BCUT2D eigenvalue weighted by Gasteiger charge is 2.07. The van der Waals surface area contributed by atoms with Crippen molar-refractivity contribution in [2.75, 3.05) is 0 Å². The zero-order valence-electron chi connectivity index (χ0n) is 10.8. The van der Waals surface area contributed by atoms with E-state index in [-0.39, 0.29) is 11.6 Å². The maximum absolute atomic E-state index is 14.0. The zero-order valence-corrected chi connectivity index (χ0v) is 10.8. The summed E-state index contributed by atoms with van der Waals surface area (Å²) in [5.41, 5.74) is 7.56. The van der Waals surface area contributed by atoms with Crippen LogP contribution >= 0.6 is 0 Å². The van der Waals surface area contributed by atoms with Gasteiger partial charge in [-0.15, -0.1) is 0 Å². The number of nitrogens with zero attached hydrogens (tertiary/aromatic N) is 1. The lowest BCUT2D eigenvalue weighted by molar-refractivity contribution is 0.599. The molecular weight excluding hydrogens is 258 g/mol. The van der Waals surface area contributed by atoms with Gasteiger partial charge < -0.3 is 10.3 Å². The van der Waals surface area contributed by atoms with Gasteiger partial charge in [0, 0.05) is 18.3 Å². The second kappa shape index (κ2) is 5.06. The summed E-state index contributed by atoms with van der Waals surface area (Å²) in [5.74, 6) is -0.581. The summed E-state index contributed by atoms with van der Waals surface area (Å²) in [6.07, 6.45) is 1.83. The highest BCUT2D eigenvalue weighted by atomic mass is 19.1. The van der Waals surface area contributed by atoms with E-state index in [1.807, 2.05) is 22.9 Å². The highest BCUT2D eigenvalue weighted by molar-refractivity contribution is 5.80. The van der Waals surface area contributed by atoms with Crippen LogP contribution < -0.4 is 5.73 Å². The molecule has 0 unspecified atom stereocenters. The molecule has 0 spiro atoms. The van der Waals surface area contributed by atoms with Crippen molar-refractivity contribution in [2.24, 2.45) is 5.73 Å². The molecule has 20 heavy (non-hydrogen) atoms. The first-order chi connectivity index (χ1) is 9.67. The Hall–Kier alpha value is -2.20. The summed E-state index contributed by atoms with van der Waals surface area (Å²) >= 11 is 0. The number of benzene rings is 2. The Morgan fingerprint density at radius 3 is 2.60 bits per heavy atom. The van der Waals surface area contributed by atoms with E-state index in [2.05, 4.69) is 0 Å². The van der Waals surface area contributed by atoms with Crippen molar-refractivity contribution in [1.29, 1.82) is 0 Å². The Kier molecular flexibility index (Phi) is 3.24. The summed E-state index contributed by atoms with van der Waals surface area (Å²) in [6, 6.07) is 11.5. The van der Waals surface area contributed by atoms with Crippen LogP contribution in [0.2, 0.25) is 0 Å². The Morgan fingerprint density at radius 1 is 1.00 bits per heavy atom. The standard InChI is InChI=1S/C16H14F2N2/c17-14-4-3-12-5-6-20(16(12)8-14)10-13-2-1-11(9-19)7-15(13)18/h1-8H,9-10,19H2. The smallest absolute Gasteiger partial charge is 0.128 e. The number of hydrogen-bond donors (Lipinski definition) is 1. The van der Waals surface area contributed by atoms with E-state index < -0.39 is 0 Å². The second-order valence-corrected chi connectivity index (χ2v) is 4.78. The van der Waals surface area contributed by atoms with Gasteiger partial charge in [0.05, 0.1) is 12.1 Å². The summed E-state index contributed by atoms with van der Waals surface area (Å²) in [7, 11) is 0. The third kappa shape index (κ3) is 2.30. The lowest BCUT2D eigenvalue weighted by atomic mass is 10.1. The predicted molar refractivity (Wildman–Crippen MR) is 75.3 cm³/mol. The van der Waals surface area contributed by atoms with Crippen LogP contribution in [0.4, 0.5) is 8.78 Å². The van der Waals surface area contributed by atoms with Gasteiger partial charge in [-0.1, -0.05) is 12.1 Å². The van der Waals surface area contributed by atoms with Gasteiger partial charge in [0.15, 0.2) is 0 Å². The molecule has 102 valence electrons. The fourth-order valence-corrected chi connectivity index (χ4v) is 2.32. The van der Waals surface area contributed by atoms with Crippen LogP contribution in [-0.2, 0) is 13.1 Å². The molecule has 0 aliphatic carbocycles. The number of nitrogens with two attached hydrogens (primary N) is 1. The number of halogens is 2. The van der Waals surface area contributed by atoms with Crippen molar-refractivity contribution in [3.05, 3.63) is 71.4 Å². The molecule has 1 aromatic heterocycles. The van der Waals surface area contributed by atoms with Gasteiger partial charge in [-0.3, -0.25) is 0 Å². The van der Waals surface area contributed by atoms with Gasteiger partial charge in [-0.25, -0.2) is 8.78 Å². The summed E-state index contributed by atoms with van der Waals surface area (Å²) in [5, 5.41) is 0.936. The Balaban J connectivity index is 1.99. The largest absolute Gasteiger partial charge is 0.343 e.